The third-order valence-electron chi connectivity index (χ3n) is 4.72. The number of nitrogens with two attached hydrogens (primary N) is 1. The summed E-state index contributed by atoms with van der Waals surface area (Å²) < 4.78 is 5.81. The molecule has 0 bridgehead atoms. The van der Waals surface area contributed by atoms with Crippen LogP contribution in [-0.4, -0.2) is 35.7 Å². The van der Waals surface area contributed by atoms with Gasteiger partial charge in [-0.3, -0.25) is 9.59 Å². The SMILES string of the molecule is CC(C)c1cccc(C(C)C)c1OC(=O)CC(C)(C)CNC(=O)[C@@H](N)C(C)O. The Hall–Kier alpha value is -1.92. The number of ether oxygens (including phenoxy) is 1. The lowest BCUT2D eigenvalue weighted by Crippen LogP contribution is -2.49. The Balaban J connectivity index is 2.85. The fraction of sp³-hybridized carbons (Fsp3) is 0.636. The lowest BCUT2D eigenvalue weighted by Gasteiger charge is -2.26. The smallest absolute Gasteiger partial charge is 0.311 e. The van der Waals surface area contributed by atoms with Crippen molar-refractivity contribution in [1.82, 2.24) is 5.32 Å². The van der Waals surface area contributed by atoms with Crippen LogP contribution in [0.25, 0.3) is 0 Å². The summed E-state index contributed by atoms with van der Waals surface area (Å²) in [4.78, 5) is 24.6. The molecule has 4 N–H and O–H groups in total. The van der Waals surface area contributed by atoms with Crippen molar-refractivity contribution in [3.63, 3.8) is 0 Å². The highest BCUT2D eigenvalue weighted by Gasteiger charge is 2.27. The van der Waals surface area contributed by atoms with Gasteiger partial charge in [-0.25, -0.2) is 0 Å². The number of aliphatic hydroxyl groups excluding tert-OH is 1. The van der Waals surface area contributed by atoms with Crippen molar-refractivity contribution in [3.05, 3.63) is 29.3 Å². The van der Waals surface area contributed by atoms with Crippen LogP contribution in [0, 0.1) is 5.41 Å². The van der Waals surface area contributed by atoms with Gasteiger partial charge in [0.2, 0.25) is 5.91 Å². The van der Waals surface area contributed by atoms with Crippen molar-refractivity contribution in [2.45, 2.75) is 78.9 Å². The summed E-state index contributed by atoms with van der Waals surface area (Å²) in [6.07, 6.45) is -0.795. The number of rotatable bonds is 9. The fourth-order valence-electron chi connectivity index (χ4n) is 2.87. The van der Waals surface area contributed by atoms with Crippen LogP contribution < -0.4 is 15.8 Å². The number of hydrogen-bond donors (Lipinski definition) is 3. The zero-order valence-corrected chi connectivity index (χ0v) is 18.2. The van der Waals surface area contributed by atoms with Gasteiger partial charge in [-0.05, 0) is 35.3 Å². The Morgan fingerprint density at radius 2 is 1.61 bits per heavy atom. The van der Waals surface area contributed by atoms with Crippen molar-refractivity contribution in [3.8, 4) is 5.75 Å². The summed E-state index contributed by atoms with van der Waals surface area (Å²) >= 11 is 0. The molecule has 0 aliphatic rings. The topological polar surface area (TPSA) is 102 Å². The minimum absolute atomic E-state index is 0.140. The number of carbonyl (C=O) groups is 2. The molecular formula is C22H36N2O4. The van der Waals surface area contributed by atoms with E-state index in [2.05, 4.69) is 33.0 Å². The Bertz CT molecular complexity index is 655. The van der Waals surface area contributed by atoms with Gasteiger partial charge in [-0.2, -0.15) is 0 Å². The standard InChI is InChI=1S/C22H36N2O4/c1-13(2)16-9-8-10-17(14(3)4)20(16)28-18(26)11-22(6,7)12-24-21(27)19(23)15(5)25/h8-10,13-15,19,25H,11-12,23H2,1-7H3,(H,24,27)/t15?,19-/m0/s1. The van der Waals surface area contributed by atoms with Gasteiger partial charge >= 0.3 is 5.97 Å². The number of amides is 1. The van der Waals surface area contributed by atoms with E-state index in [1.54, 1.807) is 0 Å². The van der Waals surface area contributed by atoms with Crippen molar-refractivity contribution in [1.29, 1.82) is 0 Å². The van der Waals surface area contributed by atoms with E-state index in [0.717, 1.165) is 11.1 Å². The molecule has 1 amide bonds. The highest BCUT2D eigenvalue weighted by molar-refractivity contribution is 5.82. The predicted octanol–water partition coefficient (Wildman–Crippen LogP) is 3.08. The van der Waals surface area contributed by atoms with Crippen molar-refractivity contribution in [2.75, 3.05) is 6.54 Å². The third kappa shape index (κ3) is 6.91. The van der Waals surface area contributed by atoms with Crippen molar-refractivity contribution in [2.24, 2.45) is 11.1 Å². The Morgan fingerprint density at radius 1 is 1.11 bits per heavy atom. The van der Waals surface area contributed by atoms with Crippen LogP contribution in [0.3, 0.4) is 0 Å². The summed E-state index contributed by atoms with van der Waals surface area (Å²) in [5.74, 6) is 0.331. The molecule has 0 radical (unpaired) electrons. The fourth-order valence-corrected chi connectivity index (χ4v) is 2.87. The minimum atomic E-state index is -0.991. The van der Waals surface area contributed by atoms with Gasteiger partial charge < -0.3 is 20.9 Å². The zero-order valence-electron chi connectivity index (χ0n) is 18.2. The van der Waals surface area contributed by atoms with E-state index in [0.29, 0.717) is 5.75 Å². The van der Waals surface area contributed by atoms with Gasteiger partial charge in [-0.1, -0.05) is 59.7 Å². The van der Waals surface area contributed by atoms with Crippen molar-refractivity contribution < 1.29 is 19.4 Å². The summed E-state index contributed by atoms with van der Waals surface area (Å²) in [5, 5.41) is 12.1. The van der Waals surface area contributed by atoms with Crippen LogP contribution in [0.5, 0.6) is 5.75 Å². The molecule has 0 aliphatic carbocycles. The van der Waals surface area contributed by atoms with Gasteiger partial charge in [0.25, 0.3) is 0 Å². The molecule has 0 saturated heterocycles. The maximum absolute atomic E-state index is 12.7. The molecule has 6 nitrogen and oxygen atoms in total. The highest BCUT2D eigenvalue weighted by Crippen LogP contribution is 2.35. The minimum Gasteiger partial charge on any atom is -0.426 e. The lowest BCUT2D eigenvalue weighted by atomic mass is 9.89. The Morgan fingerprint density at radius 3 is 2.04 bits per heavy atom. The molecule has 1 rings (SSSR count). The molecule has 0 aromatic heterocycles. The first-order valence-corrected chi connectivity index (χ1v) is 9.90. The summed E-state index contributed by atoms with van der Waals surface area (Å²) in [6, 6.07) is 4.98. The molecule has 0 aliphatic heterocycles. The molecule has 0 spiro atoms. The van der Waals surface area contributed by atoms with Gasteiger partial charge in [-0.15, -0.1) is 0 Å². The van der Waals surface area contributed by atoms with Crippen LogP contribution in [0.4, 0.5) is 0 Å². The molecule has 2 atom stereocenters. The van der Waals surface area contributed by atoms with Crippen LogP contribution in [0.1, 0.15) is 77.8 Å². The maximum atomic E-state index is 12.7. The number of hydrogen-bond acceptors (Lipinski definition) is 5. The van der Waals surface area contributed by atoms with Crippen LogP contribution >= 0.6 is 0 Å². The number of esters is 1. The van der Waals surface area contributed by atoms with E-state index in [1.165, 1.54) is 6.92 Å². The Kier molecular flexibility index (Phi) is 8.64. The summed E-state index contributed by atoms with van der Waals surface area (Å²) in [7, 11) is 0. The highest BCUT2D eigenvalue weighted by atomic mass is 16.5. The quantitative estimate of drug-likeness (QED) is 0.443. The first-order chi connectivity index (χ1) is 12.9. The molecule has 6 heteroatoms. The second-order valence-corrected chi connectivity index (χ2v) is 8.87. The first-order valence-electron chi connectivity index (χ1n) is 9.90. The molecule has 0 fully saturated rings. The number of para-hydroxylation sites is 1. The molecule has 0 saturated carbocycles. The van der Waals surface area contributed by atoms with Gasteiger partial charge in [0.15, 0.2) is 0 Å². The Labute approximate surface area is 168 Å². The van der Waals surface area contributed by atoms with E-state index in [9.17, 15) is 14.7 Å². The number of benzene rings is 1. The molecule has 28 heavy (non-hydrogen) atoms. The number of carbonyl (C=O) groups excluding carboxylic acids is 2. The van der Waals surface area contributed by atoms with Gasteiger partial charge in [0, 0.05) is 6.54 Å². The van der Waals surface area contributed by atoms with Crippen LogP contribution in [0.2, 0.25) is 0 Å². The number of aliphatic hydroxyl groups is 1. The second kappa shape index (κ2) is 10.0. The largest absolute Gasteiger partial charge is 0.426 e. The average Bonchev–Trinajstić information content (AvgIpc) is 2.58. The third-order valence-corrected chi connectivity index (χ3v) is 4.72. The molecule has 0 heterocycles. The monoisotopic (exact) mass is 392 g/mol. The van der Waals surface area contributed by atoms with Crippen molar-refractivity contribution >= 4 is 11.9 Å². The summed E-state index contributed by atoms with van der Waals surface area (Å²) in [5.41, 5.74) is 7.13. The first kappa shape index (κ1) is 24.1. The van der Waals surface area contributed by atoms with Crippen LogP contribution in [0.15, 0.2) is 18.2 Å². The second-order valence-electron chi connectivity index (χ2n) is 8.87. The molecule has 1 aromatic carbocycles. The van der Waals surface area contributed by atoms with E-state index in [-0.39, 0.29) is 30.8 Å². The normalized spacial score (nSPS) is 14.1. The van der Waals surface area contributed by atoms with Crippen LogP contribution in [-0.2, 0) is 9.59 Å². The van der Waals surface area contributed by atoms with Gasteiger partial charge in [0.05, 0.1) is 12.5 Å². The summed E-state index contributed by atoms with van der Waals surface area (Å²) in [6.45, 7) is 13.8. The van der Waals surface area contributed by atoms with E-state index < -0.39 is 23.5 Å². The van der Waals surface area contributed by atoms with Gasteiger partial charge in [0.1, 0.15) is 11.8 Å². The molecule has 1 unspecified atom stereocenters. The van der Waals surface area contributed by atoms with E-state index >= 15 is 0 Å². The molecular weight excluding hydrogens is 356 g/mol. The molecule has 1 aromatic rings. The molecule has 158 valence electrons. The predicted molar refractivity (Wildman–Crippen MR) is 111 cm³/mol. The van der Waals surface area contributed by atoms with E-state index in [1.807, 2.05) is 32.0 Å². The van der Waals surface area contributed by atoms with E-state index in [4.69, 9.17) is 10.5 Å². The average molecular weight is 393 g/mol. The number of nitrogens with one attached hydrogen (secondary N) is 1. The maximum Gasteiger partial charge on any atom is 0.311 e. The lowest BCUT2D eigenvalue weighted by molar-refractivity contribution is -0.137. The zero-order chi connectivity index (χ0) is 21.6.